The lowest BCUT2D eigenvalue weighted by molar-refractivity contribution is 0.209. The Hall–Kier alpha value is -1.82. The standard InChI is InChI=1S/C15H26.C11H22.C10H18.C10H20.C9H16.C8H16.C7H14/c1-11(2)4-6-13-7-9-15-12(3)5-8-14(15)10-13;1-9(2)7-6-8-11(5)10(3)4;1-8(2)10-6-4-9(3)5-7-10;1-9(2)7-5-6-8-10(3)4;1-8(2)9-6-4-3-5-7-9;1-7(2)5-6-8(3)4;1-4-5-6-7(2)3/h11,13-15H,3-10H2,1-2H3;7,10-11H,6,8H2,1-5H3;4,8,10H,5-7H2,1-3H3;10H,1,5-8H2,2-4H3;3-4,8-9H,5-7H2,1-2H3;5,8H,6H2,1-4H3;4-5,7H,6H2,1-3H3/b;;;;;;5-4+. The Morgan fingerprint density at radius 3 is 1.61 bits per heavy atom. The minimum Gasteiger partial charge on any atom is -0.100 e. The van der Waals surface area contributed by atoms with Crippen molar-refractivity contribution in [2.45, 2.75) is 287 Å². The normalized spacial score (nSPS) is 20.8. The van der Waals surface area contributed by atoms with Gasteiger partial charge in [-0.3, -0.25) is 0 Å². The van der Waals surface area contributed by atoms with Crippen molar-refractivity contribution in [3.63, 3.8) is 0 Å². The minimum atomic E-state index is 0.810. The predicted molar refractivity (Wildman–Crippen MR) is 328 cm³/mol. The number of unbranched alkanes of at least 4 members (excludes halogenated alkanes) is 1. The van der Waals surface area contributed by atoms with Gasteiger partial charge in [0, 0.05) is 0 Å². The zero-order valence-corrected chi connectivity index (χ0v) is 52.3. The first-order chi connectivity index (χ1) is 32.7. The Balaban J connectivity index is -0.000000759. The molecule has 0 aromatic carbocycles. The van der Waals surface area contributed by atoms with Crippen molar-refractivity contribution in [2.24, 2.45) is 76.9 Å². The summed E-state index contributed by atoms with van der Waals surface area (Å²) in [5.74, 6) is 11.7. The molecule has 0 aliphatic heterocycles. The molecule has 6 unspecified atom stereocenters. The first-order valence-electron chi connectivity index (χ1n) is 30.2. The second-order valence-corrected chi connectivity index (χ2v) is 26.1. The van der Waals surface area contributed by atoms with Gasteiger partial charge in [-0.25, -0.2) is 0 Å². The van der Waals surface area contributed by atoms with Gasteiger partial charge in [-0.15, -0.1) is 6.58 Å². The Labute approximate surface area is 445 Å². The maximum atomic E-state index is 4.24. The van der Waals surface area contributed by atoms with E-state index < -0.39 is 0 Å². The van der Waals surface area contributed by atoms with E-state index in [1.807, 2.05) is 0 Å². The van der Waals surface area contributed by atoms with E-state index in [1.165, 1.54) is 152 Å². The number of allylic oxidation sites excluding steroid dienone is 12. The fourth-order valence-corrected chi connectivity index (χ4v) is 9.45. The molecule has 0 N–H and O–H groups in total. The first-order valence-corrected chi connectivity index (χ1v) is 30.2. The summed E-state index contributed by atoms with van der Waals surface area (Å²) in [4.78, 5) is 0. The van der Waals surface area contributed by atoms with Gasteiger partial charge in [0.05, 0.1) is 0 Å². The average molecular weight is 974 g/mol. The molecule has 0 nitrogen and oxygen atoms in total. The van der Waals surface area contributed by atoms with Crippen molar-refractivity contribution in [3.05, 3.63) is 83.6 Å². The van der Waals surface area contributed by atoms with Crippen molar-refractivity contribution >= 4 is 0 Å². The molecule has 0 aromatic heterocycles. The second kappa shape index (κ2) is 45.8. The van der Waals surface area contributed by atoms with Crippen LogP contribution >= 0.6 is 0 Å². The van der Waals surface area contributed by atoms with Crippen LogP contribution in [0, 0.1) is 76.9 Å². The summed E-state index contributed by atoms with van der Waals surface area (Å²) in [6.07, 6.45) is 44.5. The van der Waals surface area contributed by atoms with Gasteiger partial charge in [0.25, 0.3) is 0 Å². The van der Waals surface area contributed by atoms with Gasteiger partial charge in [0.15, 0.2) is 0 Å². The van der Waals surface area contributed by atoms with Crippen molar-refractivity contribution in [2.75, 3.05) is 0 Å². The summed E-state index contributed by atoms with van der Waals surface area (Å²) < 4.78 is 0. The number of rotatable bonds is 18. The van der Waals surface area contributed by atoms with Gasteiger partial charge in [-0.05, 0) is 235 Å². The third-order valence-corrected chi connectivity index (χ3v) is 15.3. The van der Waals surface area contributed by atoms with Crippen LogP contribution in [0.4, 0.5) is 0 Å². The third kappa shape index (κ3) is 47.2. The van der Waals surface area contributed by atoms with Gasteiger partial charge in [0.2, 0.25) is 0 Å². The van der Waals surface area contributed by atoms with E-state index in [0.29, 0.717) is 0 Å². The molecule has 70 heavy (non-hydrogen) atoms. The highest BCUT2D eigenvalue weighted by molar-refractivity contribution is 5.10. The molecule has 0 bridgehead atoms. The molecule has 0 aromatic rings. The van der Waals surface area contributed by atoms with E-state index in [4.69, 9.17) is 0 Å². The topological polar surface area (TPSA) is 0 Å². The highest BCUT2D eigenvalue weighted by Gasteiger charge is 2.35. The minimum absolute atomic E-state index is 0.810. The smallest absolute Gasteiger partial charge is 0.0177 e. The van der Waals surface area contributed by atoms with E-state index in [2.05, 4.69) is 208 Å². The molecular formula is C70H132. The Kier molecular flexibility index (Phi) is 47.4. The molecule has 2 fully saturated rings. The molecule has 412 valence electrons. The zero-order valence-electron chi connectivity index (χ0n) is 52.3. The molecule has 0 saturated heterocycles. The largest absolute Gasteiger partial charge is 0.100 e. The van der Waals surface area contributed by atoms with Crippen molar-refractivity contribution in [1.82, 2.24) is 0 Å². The van der Waals surface area contributed by atoms with Gasteiger partial charge in [0.1, 0.15) is 0 Å². The van der Waals surface area contributed by atoms with Crippen LogP contribution in [0.5, 0.6) is 0 Å². The molecule has 6 atom stereocenters. The van der Waals surface area contributed by atoms with Crippen LogP contribution in [0.1, 0.15) is 287 Å². The number of hydrogen-bond acceptors (Lipinski definition) is 0. The summed E-state index contributed by atoms with van der Waals surface area (Å²) in [7, 11) is 0. The Morgan fingerprint density at radius 1 is 0.629 bits per heavy atom. The molecule has 4 rings (SSSR count). The van der Waals surface area contributed by atoms with Crippen molar-refractivity contribution in [1.29, 1.82) is 0 Å². The summed E-state index contributed by atoms with van der Waals surface area (Å²) in [5.41, 5.74) is 7.36. The molecule has 0 heterocycles. The summed E-state index contributed by atoms with van der Waals surface area (Å²) in [6.45, 7) is 57.6. The average Bonchev–Trinajstić information content (AvgIpc) is 3.66. The SMILES string of the molecule is C/C=C/CC(C)C.C=C(C)CCCCC(C)C.C=C1CCC2CC(CCC(C)C)CCC12.CC(C)=CCC(C)C.CC(C)=CCCC(C)C(C)C.CC(C)C1CC=CCC1.CC1=CCC(C(C)C)CC1. The van der Waals surface area contributed by atoms with Crippen LogP contribution < -0.4 is 0 Å². The molecular weight excluding hydrogens is 841 g/mol. The molecule has 0 amide bonds. The van der Waals surface area contributed by atoms with Gasteiger partial charge < -0.3 is 0 Å². The zero-order chi connectivity index (χ0) is 54.2. The van der Waals surface area contributed by atoms with E-state index in [1.54, 1.807) is 11.1 Å². The van der Waals surface area contributed by atoms with E-state index in [0.717, 1.165) is 76.9 Å². The highest BCUT2D eigenvalue weighted by atomic mass is 14.4. The van der Waals surface area contributed by atoms with Crippen LogP contribution in [0.2, 0.25) is 0 Å². The monoisotopic (exact) mass is 973 g/mol. The maximum Gasteiger partial charge on any atom is -0.0177 e. The van der Waals surface area contributed by atoms with E-state index in [9.17, 15) is 0 Å². The lowest BCUT2D eigenvalue weighted by Crippen LogP contribution is -2.21. The van der Waals surface area contributed by atoms with Crippen LogP contribution in [0.15, 0.2) is 83.6 Å². The molecule has 4 aliphatic rings. The summed E-state index contributed by atoms with van der Waals surface area (Å²) in [5, 5.41) is 0. The lowest BCUT2D eigenvalue weighted by atomic mass is 9.73. The fraction of sp³-hybridized carbons (Fsp3) is 0.800. The van der Waals surface area contributed by atoms with E-state index >= 15 is 0 Å². The molecule has 2 saturated carbocycles. The summed E-state index contributed by atoms with van der Waals surface area (Å²) in [6, 6.07) is 0. The quantitative estimate of drug-likeness (QED) is 0.0948. The maximum absolute atomic E-state index is 4.24. The Morgan fingerprint density at radius 2 is 1.21 bits per heavy atom. The lowest BCUT2D eigenvalue weighted by Gasteiger charge is -2.32. The van der Waals surface area contributed by atoms with Gasteiger partial charge in [-0.2, -0.15) is 0 Å². The van der Waals surface area contributed by atoms with Crippen LogP contribution in [-0.2, 0) is 0 Å². The van der Waals surface area contributed by atoms with Crippen molar-refractivity contribution in [3.8, 4) is 0 Å². The fourth-order valence-electron chi connectivity index (χ4n) is 9.45. The number of hydrogen-bond donors (Lipinski definition) is 0. The third-order valence-electron chi connectivity index (χ3n) is 15.3. The molecule has 0 heteroatoms. The van der Waals surface area contributed by atoms with Gasteiger partial charge in [-0.1, -0.05) is 207 Å². The van der Waals surface area contributed by atoms with Crippen LogP contribution in [-0.4, -0.2) is 0 Å². The van der Waals surface area contributed by atoms with Crippen LogP contribution in [0.3, 0.4) is 0 Å². The number of fused-ring (bicyclic) bond motifs is 1. The molecule has 4 aliphatic carbocycles. The Bertz CT molecular complexity index is 1370. The predicted octanol–water partition coefficient (Wildman–Crippen LogP) is 24.6. The van der Waals surface area contributed by atoms with Crippen molar-refractivity contribution < 1.29 is 0 Å². The van der Waals surface area contributed by atoms with Crippen LogP contribution in [0.25, 0.3) is 0 Å². The first kappa shape index (κ1) is 72.4. The molecule has 0 radical (unpaired) electrons. The van der Waals surface area contributed by atoms with E-state index in [-0.39, 0.29) is 0 Å². The second-order valence-electron chi connectivity index (χ2n) is 26.1. The van der Waals surface area contributed by atoms with Gasteiger partial charge >= 0.3 is 0 Å². The summed E-state index contributed by atoms with van der Waals surface area (Å²) >= 11 is 0. The highest BCUT2D eigenvalue weighted by Crippen LogP contribution is 2.47. The molecule has 0 spiro atoms.